The summed E-state index contributed by atoms with van der Waals surface area (Å²) in [5, 5.41) is 0. The molecule has 1 N–H and O–H groups in total. The molecule has 6 nitrogen and oxygen atoms in total. The predicted molar refractivity (Wildman–Crippen MR) is 98.1 cm³/mol. The van der Waals surface area contributed by atoms with Gasteiger partial charge < -0.3 is 0 Å². The lowest BCUT2D eigenvalue weighted by Gasteiger charge is -2.42. The molecule has 0 amide bonds. The summed E-state index contributed by atoms with van der Waals surface area (Å²) in [4.78, 5) is 0. The van der Waals surface area contributed by atoms with Crippen LogP contribution < -0.4 is 4.72 Å². The van der Waals surface area contributed by atoms with Gasteiger partial charge >= 0.3 is 15.5 Å². The number of alkyl halides is 3. The maximum atomic E-state index is 14.6. The molecule has 0 atom stereocenters. The SMILES string of the molecule is O=S(=O)(N[C@H]1CC[C@@](c2cc(F)ccc2F)(S(=O)(=O)N2CCCC2)CC1)C(F)(F)F. The summed E-state index contributed by atoms with van der Waals surface area (Å²) < 4.78 is 117. The molecule has 1 saturated heterocycles. The molecule has 30 heavy (non-hydrogen) atoms. The fourth-order valence-corrected chi connectivity index (χ4v) is 7.40. The van der Waals surface area contributed by atoms with Gasteiger partial charge in [-0.1, -0.05) is 0 Å². The van der Waals surface area contributed by atoms with Crippen molar-refractivity contribution in [1.29, 1.82) is 0 Å². The van der Waals surface area contributed by atoms with Gasteiger partial charge in [0, 0.05) is 24.7 Å². The van der Waals surface area contributed by atoms with Gasteiger partial charge in [0.15, 0.2) is 0 Å². The van der Waals surface area contributed by atoms with Gasteiger partial charge in [0.1, 0.15) is 16.4 Å². The molecular formula is C17H21F5N2O4S2. The smallest absolute Gasteiger partial charge is 0.211 e. The Morgan fingerprint density at radius 3 is 2.10 bits per heavy atom. The number of nitrogens with zero attached hydrogens (tertiary/aromatic N) is 1. The number of hydrogen-bond acceptors (Lipinski definition) is 4. The average Bonchev–Trinajstić information content (AvgIpc) is 3.19. The van der Waals surface area contributed by atoms with Crippen LogP contribution in [0.4, 0.5) is 22.0 Å². The van der Waals surface area contributed by atoms with E-state index in [2.05, 4.69) is 0 Å². The van der Waals surface area contributed by atoms with E-state index in [1.807, 2.05) is 0 Å². The van der Waals surface area contributed by atoms with Gasteiger partial charge in [-0.05, 0) is 56.7 Å². The standard InChI is InChI=1S/C17H21F5N2O4S2/c18-12-3-4-15(19)14(11-12)16(30(27,28)24-9-1-2-10-24)7-5-13(6-8-16)23-29(25,26)17(20,21)22/h3-4,11,13,23H,1-2,5-10H2/t13-,16+. The molecule has 0 radical (unpaired) electrons. The highest BCUT2D eigenvalue weighted by atomic mass is 32.2. The zero-order chi connectivity index (χ0) is 22.4. The van der Waals surface area contributed by atoms with Crippen LogP contribution in [0.3, 0.4) is 0 Å². The summed E-state index contributed by atoms with van der Waals surface area (Å²) in [6.07, 6.45) is -0.0466. The van der Waals surface area contributed by atoms with Crippen LogP contribution in [-0.4, -0.2) is 45.8 Å². The van der Waals surface area contributed by atoms with Gasteiger partial charge in [-0.15, -0.1) is 0 Å². The van der Waals surface area contributed by atoms with Gasteiger partial charge in [-0.25, -0.2) is 34.6 Å². The highest BCUT2D eigenvalue weighted by Gasteiger charge is 2.54. The molecule has 0 spiro atoms. The number of rotatable bonds is 5. The maximum Gasteiger partial charge on any atom is 0.511 e. The molecule has 0 unspecified atom stereocenters. The van der Waals surface area contributed by atoms with Crippen molar-refractivity contribution in [3.63, 3.8) is 0 Å². The number of hydrogen-bond donors (Lipinski definition) is 1. The second-order valence-corrected chi connectivity index (χ2v) is 11.5. The minimum absolute atomic E-state index is 0.213. The van der Waals surface area contributed by atoms with E-state index in [-0.39, 0.29) is 44.3 Å². The molecule has 1 heterocycles. The van der Waals surface area contributed by atoms with E-state index >= 15 is 0 Å². The summed E-state index contributed by atoms with van der Waals surface area (Å²) in [6.45, 7) is 0.427. The topological polar surface area (TPSA) is 83.5 Å². The Hall–Kier alpha value is -1.31. The maximum absolute atomic E-state index is 14.6. The zero-order valence-corrected chi connectivity index (χ0v) is 17.4. The van der Waals surface area contributed by atoms with E-state index in [0.29, 0.717) is 12.8 Å². The van der Waals surface area contributed by atoms with Crippen molar-refractivity contribution in [2.24, 2.45) is 0 Å². The minimum Gasteiger partial charge on any atom is -0.211 e. The highest BCUT2D eigenvalue weighted by molar-refractivity contribution is 7.90. The molecule has 1 aliphatic carbocycles. The van der Waals surface area contributed by atoms with Crippen molar-refractivity contribution in [3.05, 3.63) is 35.4 Å². The van der Waals surface area contributed by atoms with Gasteiger partial charge in [0.25, 0.3) is 0 Å². The number of halogens is 5. The molecule has 2 aliphatic rings. The van der Waals surface area contributed by atoms with Crippen molar-refractivity contribution in [2.45, 2.75) is 54.8 Å². The summed E-state index contributed by atoms with van der Waals surface area (Å²) in [5.74, 6) is -1.78. The Morgan fingerprint density at radius 2 is 1.57 bits per heavy atom. The first-order valence-electron chi connectivity index (χ1n) is 9.34. The van der Waals surface area contributed by atoms with Gasteiger partial charge in [-0.3, -0.25) is 0 Å². The van der Waals surface area contributed by atoms with E-state index < -0.39 is 48.0 Å². The van der Waals surface area contributed by atoms with Crippen LogP contribution in [0.15, 0.2) is 18.2 Å². The minimum atomic E-state index is -5.61. The summed E-state index contributed by atoms with van der Waals surface area (Å²) in [7, 11) is -9.79. The lowest BCUT2D eigenvalue weighted by Crippen LogP contribution is -2.51. The van der Waals surface area contributed by atoms with Crippen molar-refractivity contribution in [1.82, 2.24) is 9.03 Å². The van der Waals surface area contributed by atoms with E-state index in [1.54, 1.807) is 4.72 Å². The first-order chi connectivity index (χ1) is 13.8. The second-order valence-electron chi connectivity index (χ2n) is 7.57. The Morgan fingerprint density at radius 1 is 1.00 bits per heavy atom. The van der Waals surface area contributed by atoms with E-state index in [1.165, 1.54) is 4.31 Å². The van der Waals surface area contributed by atoms with Crippen LogP contribution in [0.1, 0.15) is 44.1 Å². The van der Waals surface area contributed by atoms with Crippen LogP contribution in [0.5, 0.6) is 0 Å². The Bertz CT molecular complexity index is 997. The van der Waals surface area contributed by atoms with Crippen LogP contribution >= 0.6 is 0 Å². The van der Waals surface area contributed by atoms with Crippen LogP contribution in [-0.2, 0) is 24.8 Å². The average molecular weight is 476 g/mol. The lowest BCUT2D eigenvalue weighted by atomic mass is 9.81. The van der Waals surface area contributed by atoms with Gasteiger partial charge in [0.2, 0.25) is 10.0 Å². The zero-order valence-electron chi connectivity index (χ0n) is 15.8. The third-order valence-corrected chi connectivity index (χ3v) is 9.65. The fraction of sp³-hybridized carbons (Fsp3) is 0.647. The van der Waals surface area contributed by atoms with Gasteiger partial charge in [0.05, 0.1) is 0 Å². The van der Waals surface area contributed by atoms with E-state index in [9.17, 15) is 38.8 Å². The molecule has 1 aliphatic heterocycles. The molecule has 170 valence electrons. The van der Waals surface area contributed by atoms with Crippen LogP contribution in [0.2, 0.25) is 0 Å². The Labute approximate surface area is 171 Å². The molecule has 0 bridgehead atoms. The number of sulfonamides is 2. The van der Waals surface area contributed by atoms with Crippen molar-refractivity contribution in [2.75, 3.05) is 13.1 Å². The van der Waals surface area contributed by atoms with E-state index in [4.69, 9.17) is 0 Å². The van der Waals surface area contributed by atoms with Crippen molar-refractivity contribution >= 4 is 20.0 Å². The highest BCUT2D eigenvalue weighted by Crippen LogP contribution is 2.47. The summed E-state index contributed by atoms with van der Waals surface area (Å²) >= 11 is 0. The fourth-order valence-electron chi connectivity index (χ4n) is 4.18. The van der Waals surface area contributed by atoms with Gasteiger partial charge in [-0.2, -0.15) is 13.2 Å². The third-order valence-electron chi connectivity index (χ3n) is 5.74. The molecule has 1 saturated carbocycles. The second kappa shape index (κ2) is 7.99. The molecule has 1 aromatic carbocycles. The summed E-state index contributed by atoms with van der Waals surface area (Å²) in [6, 6.07) is 1.28. The molecule has 0 aromatic heterocycles. The molecule has 2 fully saturated rings. The normalized spacial score (nSPS) is 26.8. The van der Waals surface area contributed by atoms with E-state index in [0.717, 1.165) is 18.2 Å². The quantitative estimate of drug-likeness (QED) is 0.663. The van der Waals surface area contributed by atoms with Crippen LogP contribution in [0.25, 0.3) is 0 Å². The number of nitrogens with one attached hydrogen (secondary N) is 1. The Kier molecular flexibility index (Phi) is 6.22. The van der Waals surface area contributed by atoms with Crippen molar-refractivity contribution < 1.29 is 38.8 Å². The Balaban J connectivity index is 1.97. The molecule has 3 rings (SSSR count). The largest absolute Gasteiger partial charge is 0.511 e. The molecule has 13 heteroatoms. The first-order valence-corrected chi connectivity index (χ1v) is 12.3. The van der Waals surface area contributed by atoms with Crippen LogP contribution in [0, 0.1) is 11.6 Å². The lowest BCUT2D eigenvalue weighted by molar-refractivity contribution is -0.0452. The summed E-state index contributed by atoms with van der Waals surface area (Å²) in [5.41, 5.74) is -5.88. The monoisotopic (exact) mass is 476 g/mol. The van der Waals surface area contributed by atoms with Crippen molar-refractivity contribution in [3.8, 4) is 0 Å². The molecular weight excluding hydrogens is 455 g/mol. The predicted octanol–water partition coefficient (Wildman–Crippen LogP) is 2.97. The third kappa shape index (κ3) is 4.08. The number of benzene rings is 1. The first kappa shape index (κ1) is 23.4. The molecule has 1 aromatic rings.